The standard InChI is InChI=1S/C16H32N2O/c1-5-6-7-15(19)14-18-12-10-17(11-13-18)9-8-16(2,3)4/h5,15,19H,1,6-14H2,2-4H3. The molecular weight excluding hydrogens is 236 g/mol. The van der Waals surface area contributed by atoms with Crippen molar-refractivity contribution in [2.24, 2.45) is 5.41 Å². The van der Waals surface area contributed by atoms with Gasteiger partial charge in [-0.2, -0.15) is 0 Å². The third-order valence-corrected chi connectivity index (χ3v) is 3.82. The van der Waals surface area contributed by atoms with Crippen molar-refractivity contribution in [2.45, 2.75) is 46.1 Å². The number of aliphatic hydroxyl groups excluding tert-OH is 1. The zero-order valence-electron chi connectivity index (χ0n) is 13.1. The van der Waals surface area contributed by atoms with E-state index >= 15 is 0 Å². The second kappa shape index (κ2) is 8.03. The van der Waals surface area contributed by atoms with Crippen molar-refractivity contribution in [3.63, 3.8) is 0 Å². The number of piperazine rings is 1. The van der Waals surface area contributed by atoms with E-state index in [0.29, 0.717) is 5.41 Å². The Kier molecular flexibility index (Phi) is 7.05. The Morgan fingerprint density at radius 2 is 1.74 bits per heavy atom. The van der Waals surface area contributed by atoms with Gasteiger partial charge in [0, 0.05) is 32.7 Å². The monoisotopic (exact) mass is 268 g/mol. The Hall–Kier alpha value is -0.380. The molecule has 0 aromatic heterocycles. The lowest BCUT2D eigenvalue weighted by Gasteiger charge is -2.36. The number of allylic oxidation sites excluding steroid dienone is 1. The van der Waals surface area contributed by atoms with Crippen LogP contribution >= 0.6 is 0 Å². The average Bonchev–Trinajstić information content (AvgIpc) is 2.34. The molecule has 1 aliphatic heterocycles. The van der Waals surface area contributed by atoms with E-state index in [0.717, 1.165) is 45.6 Å². The Bertz CT molecular complexity index is 252. The molecule has 1 saturated heterocycles. The summed E-state index contributed by atoms with van der Waals surface area (Å²) >= 11 is 0. The molecule has 0 amide bonds. The van der Waals surface area contributed by atoms with Crippen LogP contribution in [0.5, 0.6) is 0 Å². The predicted molar refractivity (Wildman–Crippen MR) is 82.4 cm³/mol. The Balaban J connectivity index is 2.16. The van der Waals surface area contributed by atoms with E-state index in [4.69, 9.17) is 0 Å². The van der Waals surface area contributed by atoms with Gasteiger partial charge >= 0.3 is 0 Å². The zero-order chi connectivity index (χ0) is 14.3. The highest BCUT2D eigenvalue weighted by Gasteiger charge is 2.20. The fourth-order valence-electron chi connectivity index (χ4n) is 2.39. The van der Waals surface area contributed by atoms with E-state index in [1.807, 2.05) is 6.08 Å². The van der Waals surface area contributed by atoms with Gasteiger partial charge in [-0.1, -0.05) is 26.8 Å². The van der Waals surface area contributed by atoms with E-state index in [9.17, 15) is 5.11 Å². The first-order chi connectivity index (χ1) is 8.90. The molecule has 0 spiro atoms. The molecule has 1 atom stereocenters. The Morgan fingerprint density at radius 1 is 1.16 bits per heavy atom. The molecule has 1 unspecified atom stereocenters. The average molecular weight is 268 g/mol. The maximum atomic E-state index is 9.91. The highest BCUT2D eigenvalue weighted by atomic mass is 16.3. The fourth-order valence-corrected chi connectivity index (χ4v) is 2.39. The smallest absolute Gasteiger partial charge is 0.0670 e. The summed E-state index contributed by atoms with van der Waals surface area (Å²) in [7, 11) is 0. The van der Waals surface area contributed by atoms with Gasteiger partial charge in [-0.05, 0) is 31.2 Å². The van der Waals surface area contributed by atoms with Gasteiger partial charge in [-0.3, -0.25) is 4.90 Å². The normalized spacial score (nSPS) is 20.4. The van der Waals surface area contributed by atoms with Gasteiger partial charge in [0.25, 0.3) is 0 Å². The summed E-state index contributed by atoms with van der Waals surface area (Å²) in [5.74, 6) is 0. The summed E-state index contributed by atoms with van der Waals surface area (Å²) in [5.41, 5.74) is 0.429. The largest absolute Gasteiger partial charge is 0.392 e. The van der Waals surface area contributed by atoms with Crippen LogP contribution in [0.15, 0.2) is 12.7 Å². The lowest BCUT2D eigenvalue weighted by molar-refractivity contribution is 0.0658. The molecule has 0 bridgehead atoms. The molecule has 112 valence electrons. The Morgan fingerprint density at radius 3 is 2.26 bits per heavy atom. The zero-order valence-corrected chi connectivity index (χ0v) is 13.1. The van der Waals surface area contributed by atoms with Crippen LogP contribution < -0.4 is 0 Å². The van der Waals surface area contributed by atoms with Gasteiger partial charge < -0.3 is 10.0 Å². The van der Waals surface area contributed by atoms with E-state index in [-0.39, 0.29) is 6.10 Å². The van der Waals surface area contributed by atoms with Crippen LogP contribution in [0.1, 0.15) is 40.0 Å². The molecular formula is C16H32N2O. The SMILES string of the molecule is C=CCCC(O)CN1CCN(CCC(C)(C)C)CC1. The first-order valence-electron chi connectivity index (χ1n) is 7.64. The van der Waals surface area contributed by atoms with E-state index < -0.39 is 0 Å². The number of rotatable bonds is 7. The summed E-state index contributed by atoms with van der Waals surface area (Å²) in [4.78, 5) is 4.94. The van der Waals surface area contributed by atoms with Crippen molar-refractivity contribution in [1.29, 1.82) is 0 Å². The summed E-state index contributed by atoms with van der Waals surface area (Å²) < 4.78 is 0. The van der Waals surface area contributed by atoms with Crippen LogP contribution in [0.4, 0.5) is 0 Å². The first kappa shape index (κ1) is 16.7. The molecule has 0 aliphatic carbocycles. The minimum Gasteiger partial charge on any atom is -0.392 e. The van der Waals surface area contributed by atoms with Crippen LogP contribution in [0.3, 0.4) is 0 Å². The summed E-state index contributed by atoms with van der Waals surface area (Å²) in [6, 6.07) is 0. The number of hydrogen-bond donors (Lipinski definition) is 1. The predicted octanol–water partition coefficient (Wildman–Crippen LogP) is 2.37. The number of nitrogens with zero attached hydrogens (tertiary/aromatic N) is 2. The quantitative estimate of drug-likeness (QED) is 0.718. The summed E-state index contributed by atoms with van der Waals surface area (Å²) in [6.07, 6.45) is 4.70. The lowest BCUT2D eigenvalue weighted by atomic mass is 9.92. The topological polar surface area (TPSA) is 26.7 Å². The Labute approximate surface area is 119 Å². The summed E-state index contributed by atoms with van der Waals surface area (Å²) in [6.45, 7) is 17.1. The molecule has 0 radical (unpaired) electrons. The molecule has 1 N–H and O–H groups in total. The molecule has 3 nitrogen and oxygen atoms in total. The third-order valence-electron chi connectivity index (χ3n) is 3.82. The number of aliphatic hydroxyl groups is 1. The number of hydrogen-bond acceptors (Lipinski definition) is 3. The molecule has 0 aromatic carbocycles. The van der Waals surface area contributed by atoms with Crippen molar-refractivity contribution >= 4 is 0 Å². The molecule has 1 aliphatic rings. The van der Waals surface area contributed by atoms with E-state index in [2.05, 4.69) is 37.1 Å². The fraction of sp³-hybridized carbons (Fsp3) is 0.875. The minimum atomic E-state index is -0.195. The molecule has 0 aromatic rings. The van der Waals surface area contributed by atoms with Crippen molar-refractivity contribution in [3.05, 3.63) is 12.7 Å². The van der Waals surface area contributed by atoms with Crippen LogP contribution in [-0.4, -0.2) is 60.3 Å². The maximum Gasteiger partial charge on any atom is 0.0670 e. The van der Waals surface area contributed by atoms with E-state index in [1.54, 1.807) is 0 Å². The molecule has 1 heterocycles. The lowest BCUT2D eigenvalue weighted by Crippen LogP contribution is -2.49. The second-order valence-electron chi connectivity index (χ2n) is 6.97. The molecule has 1 fully saturated rings. The van der Waals surface area contributed by atoms with Gasteiger partial charge in [0.05, 0.1) is 6.10 Å². The van der Waals surface area contributed by atoms with Crippen molar-refractivity contribution in [1.82, 2.24) is 9.80 Å². The van der Waals surface area contributed by atoms with Gasteiger partial charge in [0.1, 0.15) is 0 Å². The van der Waals surface area contributed by atoms with Crippen molar-refractivity contribution in [3.8, 4) is 0 Å². The maximum absolute atomic E-state index is 9.91. The van der Waals surface area contributed by atoms with Crippen molar-refractivity contribution in [2.75, 3.05) is 39.3 Å². The molecule has 1 rings (SSSR count). The van der Waals surface area contributed by atoms with Crippen LogP contribution in [0.25, 0.3) is 0 Å². The van der Waals surface area contributed by atoms with Gasteiger partial charge in [0.15, 0.2) is 0 Å². The van der Waals surface area contributed by atoms with Crippen LogP contribution in [-0.2, 0) is 0 Å². The van der Waals surface area contributed by atoms with Gasteiger partial charge in [-0.25, -0.2) is 0 Å². The van der Waals surface area contributed by atoms with Crippen LogP contribution in [0.2, 0.25) is 0 Å². The van der Waals surface area contributed by atoms with Crippen molar-refractivity contribution < 1.29 is 5.11 Å². The molecule has 3 heteroatoms. The highest BCUT2D eigenvalue weighted by molar-refractivity contribution is 4.77. The third kappa shape index (κ3) is 7.71. The minimum absolute atomic E-state index is 0.195. The molecule has 19 heavy (non-hydrogen) atoms. The number of β-amino-alcohol motifs (C(OH)–C–C–N with tert-alkyl or cyclic N) is 1. The van der Waals surface area contributed by atoms with E-state index in [1.165, 1.54) is 13.0 Å². The first-order valence-corrected chi connectivity index (χ1v) is 7.64. The van der Waals surface area contributed by atoms with Crippen LogP contribution in [0, 0.1) is 5.41 Å². The second-order valence-corrected chi connectivity index (χ2v) is 6.97. The highest BCUT2D eigenvalue weighted by Crippen LogP contribution is 2.19. The van der Waals surface area contributed by atoms with Gasteiger partial charge in [0.2, 0.25) is 0 Å². The molecule has 0 saturated carbocycles. The van der Waals surface area contributed by atoms with Gasteiger partial charge in [-0.15, -0.1) is 6.58 Å². The summed E-state index contributed by atoms with van der Waals surface area (Å²) in [5, 5.41) is 9.91.